The molecule has 104 valence electrons. The summed E-state index contributed by atoms with van der Waals surface area (Å²) >= 11 is 6.05. The minimum atomic E-state index is -0.838. The average Bonchev–Trinajstić information content (AvgIpc) is 2.78. The Morgan fingerprint density at radius 3 is 2.95 bits per heavy atom. The first kappa shape index (κ1) is 14.3. The molecule has 1 fully saturated rings. The van der Waals surface area contributed by atoms with Crippen LogP contribution in [0.25, 0.3) is 0 Å². The first-order valence-corrected chi connectivity index (χ1v) is 6.80. The summed E-state index contributed by atoms with van der Waals surface area (Å²) in [5.41, 5.74) is -0.196. The Labute approximate surface area is 117 Å². The van der Waals surface area contributed by atoms with E-state index in [2.05, 4.69) is 0 Å². The van der Waals surface area contributed by atoms with Crippen molar-refractivity contribution in [3.05, 3.63) is 34.6 Å². The van der Waals surface area contributed by atoms with Gasteiger partial charge in [-0.25, -0.2) is 4.39 Å². The molecule has 1 aromatic carbocycles. The molecule has 0 radical (unpaired) electrons. The standard InChI is InChI=1S/C14H17ClFNO2/c1-2-14(13(18)19)6-3-7-17(14)9-10-8-11(16)4-5-12(10)15/h4-5,8H,2-3,6-7,9H2,1H3,(H,18,19). The van der Waals surface area contributed by atoms with Gasteiger partial charge in [-0.1, -0.05) is 18.5 Å². The van der Waals surface area contributed by atoms with Gasteiger partial charge in [-0.05, 0) is 49.6 Å². The van der Waals surface area contributed by atoms with Crippen LogP contribution < -0.4 is 0 Å². The van der Waals surface area contributed by atoms with Crippen molar-refractivity contribution in [2.24, 2.45) is 0 Å². The van der Waals surface area contributed by atoms with Crippen LogP contribution in [-0.2, 0) is 11.3 Å². The zero-order valence-corrected chi connectivity index (χ0v) is 11.6. The van der Waals surface area contributed by atoms with Gasteiger partial charge >= 0.3 is 5.97 Å². The van der Waals surface area contributed by atoms with Gasteiger partial charge in [0.25, 0.3) is 0 Å². The third kappa shape index (κ3) is 2.60. The molecule has 5 heteroatoms. The van der Waals surface area contributed by atoms with E-state index in [9.17, 15) is 14.3 Å². The molecule has 0 saturated carbocycles. The number of hydrogen-bond acceptors (Lipinski definition) is 2. The number of rotatable bonds is 4. The van der Waals surface area contributed by atoms with Gasteiger partial charge in [-0.3, -0.25) is 9.69 Å². The number of benzene rings is 1. The second kappa shape index (κ2) is 5.47. The summed E-state index contributed by atoms with van der Waals surface area (Å²) in [4.78, 5) is 13.5. The Kier molecular flexibility index (Phi) is 4.11. The Hall–Kier alpha value is -1.13. The number of carbonyl (C=O) groups is 1. The molecule has 19 heavy (non-hydrogen) atoms. The Morgan fingerprint density at radius 1 is 1.58 bits per heavy atom. The van der Waals surface area contributed by atoms with Crippen molar-refractivity contribution in [2.45, 2.75) is 38.3 Å². The number of likely N-dealkylation sites (tertiary alicyclic amines) is 1. The second-order valence-electron chi connectivity index (χ2n) is 4.95. The van der Waals surface area contributed by atoms with E-state index in [0.717, 1.165) is 6.42 Å². The topological polar surface area (TPSA) is 40.5 Å². The highest BCUT2D eigenvalue weighted by Gasteiger charge is 2.46. The van der Waals surface area contributed by atoms with E-state index in [-0.39, 0.29) is 5.82 Å². The number of hydrogen-bond donors (Lipinski definition) is 1. The summed E-state index contributed by atoms with van der Waals surface area (Å²) in [6, 6.07) is 4.19. The molecule has 0 aromatic heterocycles. The summed E-state index contributed by atoms with van der Waals surface area (Å²) in [5, 5.41) is 9.96. The molecule has 3 nitrogen and oxygen atoms in total. The van der Waals surface area contributed by atoms with Gasteiger partial charge in [0.2, 0.25) is 0 Å². The molecule has 1 unspecified atom stereocenters. The van der Waals surface area contributed by atoms with E-state index in [4.69, 9.17) is 11.6 Å². The fourth-order valence-corrected chi connectivity index (χ4v) is 3.01. The molecule has 2 rings (SSSR count). The second-order valence-corrected chi connectivity index (χ2v) is 5.36. The minimum Gasteiger partial charge on any atom is -0.480 e. The van der Waals surface area contributed by atoms with E-state index in [1.165, 1.54) is 18.2 Å². The van der Waals surface area contributed by atoms with Crippen LogP contribution in [0.4, 0.5) is 4.39 Å². The smallest absolute Gasteiger partial charge is 0.324 e. The number of aliphatic carboxylic acids is 1. The maximum absolute atomic E-state index is 13.3. The fourth-order valence-electron chi connectivity index (χ4n) is 2.83. The van der Waals surface area contributed by atoms with E-state index in [1.807, 2.05) is 11.8 Å². The van der Waals surface area contributed by atoms with Crippen molar-refractivity contribution in [3.8, 4) is 0 Å². The molecule has 0 spiro atoms. The van der Waals surface area contributed by atoms with Crippen molar-refractivity contribution in [2.75, 3.05) is 6.54 Å². The fraction of sp³-hybridized carbons (Fsp3) is 0.500. The normalized spacial score (nSPS) is 23.7. The molecular weight excluding hydrogens is 269 g/mol. The summed E-state index contributed by atoms with van der Waals surface area (Å²) in [5.74, 6) is -1.16. The van der Waals surface area contributed by atoms with Crippen molar-refractivity contribution >= 4 is 17.6 Å². The van der Waals surface area contributed by atoms with Crippen molar-refractivity contribution in [1.82, 2.24) is 4.90 Å². The van der Waals surface area contributed by atoms with Crippen LogP contribution >= 0.6 is 11.6 Å². The van der Waals surface area contributed by atoms with E-state index < -0.39 is 11.5 Å². The maximum Gasteiger partial charge on any atom is 0.324 e. The van der Waals surface area contributed by atoms with Crippen LogP contribution in [-0.4, -0.2) is 28.1 Å². The summed E-state index contributed by atoms with van der Waals surface area (Å²) in [6.07, 6.45) is 2.01. The molecule has 0 amide bonds. The molecule has 1 aliphatic rings. The third-order valence-corrected chi connectivity index (χ3v) is 4.34. The zero-order valence-electron chi connectivity index (χ0n) is 10.8. The van der Waals surface area contributed by atoms with E-state index in [1.54, 1.807) is 0 Å². The zero-order chi connectivity index (χ0) is 14.0. The molecule has 1 saturated heterocycles. The Bertz CT molecular complexity index is 494. The van der Waals surface area contributed by atoms with Gasteiger partial charge in [-0.2, -0.15) is 0 Å². The molecule has 1 atom stereocenters. The van der Waals surface area contributed by atoms with Gasteiger partial charge in [0.15, 0.2) is 0 Å². The molecule has 1 heterocycles. The SMILES string of the molecule is CCC1(C(=O)O)CCCN1Cc1cc(F)ccc1Cl. The van der Waals surface area contributed by atoms with Crippen LogP contribution in [0.2, 0.25) is 5.02 Å². The van der Waals surface area contributed by atoms with Gasteiger partial charge in [0.05, 0.1) is 0 Å². The van der Waals surface area contributed by atoms with Crippen LogP contribution in [0.15, 0.2) is 18.2 Å². The lowest BCUT2D eigenvalue weighted by Gasteiger charge is -2.34. The van der Waals surface area contributed by atoms with Crippen LogP contribution in [0.5, 0.6) is 0 Å². The van der Waals surface area contributed by atoms with E-state index in [0.29, 0.717) is 36.5 Å². The number of halogens is 2. The Balaban J connectivity index is 2.27. The lowest BCUT2D eigenvalue weighted by atomic mass is 9.92. The summed E-state index contributed by atoms with van der Waals surface area (Å²) < 4.78 is 13.3. The maximum atomic E-state index is 13.3. The van der Waals surface area contributed by atoms with Crippen LogP contribution in [0.1, 0.15) is 31.7 Å². The van der Waals surface area contributed by atoms with Gasteiger partial charge in [0, 0.05) is 11.6 Å². The highest BCUT2D eigenvalue weighted by molar-refractivity contribution is 6.31. The van der Waals surface area contributed by atoms with Gasteiger partial charge < -0.3 is 5.11 Å². The first-order valence-electron chi connectivity index (χ1n) is 6.42. The third-order valence-electron chi connectivity index (χ3n) is 3.98. The monoisotopic (exact) mass is 285 g/mol. The number of carboxylic acids is 1. The molecule has 1 N–H and O–H groups in total. The quantitative estimate of drug-likeness (QED) is 0.923. The molecular formula is C14H17ClFNO2. The summed E-state index contributed by atoms with van der Waals surface area (Å²) in [6.45, 7) is 2.95. The lowest BCUT2D eigenvalue weighted by molar-refractivity contribution is -0.150. The number of carboxylic acid groups (broad SMARTS) is 1. The summed E-state index contributed by atoms with van der Waals surface area (Å²) in [7, 11) is 0. The van der Waals surface area contributed by atoms with E-state index >= 15 is 0 Å². The van der Waals surface area contributed by atoms with Crippen molar-refractivity contribution < 1.29 is 14.3 Å². The van der Waals surface area contributed by atoms with Crippen molar-refractivity contribution in [1.29, 1.82) is 0 Å². The van der Waals surface area contributed by atoms with Crippen molar-refractivity contribution in [3.63, 3.8) is 0 Å². The number of nitrogens with zero attached hydrogens (tertiary/aromatic N) is 1. The molecule has 0 bridgehead atoms. The van der Waals surface area contributed by atoms with Gasteiger partial charge in [-0.15, -0.1) is 0 Å². The first-order chi connectivity index (χ1) is 8.99. The average molecular weight is 286 g/mol. The Morgan fingerprint density at radius 2 is 2.32 bits per heavy atom. The molecule has 1 aliphatic heterocycles. The minimum absolute atomic E-state index is 0.351. The predicted molar refractivity (Wildman–Crippen MR) is 71.7 cm³/mol. The van der Waals surface area contributed by atoms with Crippen LogP contribution in [0, 0.1) is 5.82 Å². The largest absolute Gasteiger partial charge is 0.480 e. The lowest BCUT2D eigenvalue weighted by Crippen LogP contribution is -2.49. The predicted octanol–water partition coefficient (Wildman–Crippen LogP) is 3.31. The van der Waals surface area contributed by atoms with Crippen LogP contribution in [0.3, 0.4) is 0 Å². The highest BCUT2D eigenvalue weighted by atomic mass is 35.5. The molecule has 0 aliphatic carbocycles. The molecule has 1 aromatic rings. The van der Waals surface area contributed by atoms with Gasteiger partial charge in [0.1, 0.15) is 11.4 Å². The highest BCUT2D eigenvalue weighted by Crippen LogP contribution is 2.35.